The number of hydrogen-bond donors (Lipinski definition) is 21. The number of phenols is 3. The maximum absolute atomic E-state index is 13.1. The standard InChI is InChI=1S/C63H72O36/c64-18-35-43(72)48(77)53(82)59(95-35)89-27-7-1-23(2-8-27)5-11-40(69)87-21-38-46(75)51(80)56(85)61(98-38)92-32-13-25(58-34(17-29-30(68)15-26(67)16-31(29)91-58)94-63-55(84)50(79)45(74)37(20-66)97-63)14-33(42(32)71)93-62-57(86)52(81)47(76)39(99-62)22-88-41(70)12-6-24-3-9-28(10-4-24)90-60-54(83)49(78)44(73)36(19-65)96-60/h1-17,35-39,43-57,59-66,72-86H,18-22H2,(H2-,67,68,71)/p+1/b11-5+,12-6+/t35-,36-,37-,38+,39+,43-,44-,45-,46-,47-,48+,49+,50+,51+,52+,53-,54-,55-,56+,57+,59-,60-,61-,62-,63-/m1/s1. The van der Waals surface area contributed by atoms with Gasteiger partial charge in [0, 0.05) is 36.4 Å². The first-order valence-corrected chi connectivity index (χ1v) is 30.4. The summed E-state index contributed by atoms with van der Waals surface area (Å²) in [6.45, 7) is -4.00. The number of esters is 2. The number of fused-ring (bicyclic) bond motifs is 1. The average molecular weight is 1410 g/mol. The van der Waals surface area contributed by atoms with Crippen LogP contribution in [-0.4, -0.2) is 306 Å². The molecule has 1 aromatic heterocycles. The minimum atomic E-state index is -2.22. The van der Waals surface area contributed by atoms with Gasteiger partial charge in [0.05, 0.1) is 31.5 Å². The number of phenolic OH excluding ortho intramolecular Hbond substituents is 3. The van der Waals surface area contributed by atoms with E-state index in [0.717, 1.165) is 42.5 Å². The van der Waals surface area contributed by atoms with Gasteiger partial charge in [0.25, 0.3) is 0 Å². The van der Waals surface area contributed by atoms with Crippen LogP contribution in [0.3, 0.4) is 0 Å². The van der Waals surface area contributed by atoms with Crippen molar-refractivity contribution in [1.82, 2.24) is 0 Å². The largest absolute Gasteiger partial charge is 0.507 e. The van der Waals surface area contributed by atoms with Gasteiger partial charge in [-0.2, -0.15) is 0 Å². The van der Waals surface area contributed by atoms with Crippen molar-refractivity contribution < 1.29 is 178 Å². The number of carbonyl (C=O) groups is 2. The number of hydrogen-bond acceptors (Lipinski definition) is 35. The van der Waals surface area contributed by atoms with E-state index in [9.17, 15) is 117 Å². The molecule has 6 heterocycles. The van der Waals surface area contributed by atoms with Gasteiger partial charge in [0.15, 0.2) is 11.5 Å². The summed E-state index contributed by atoms with van der Waals surface area (Å²) in [6, 6.07) is 16.2. The number of aromatic hydroxyl groups is 3. The smallest absolute Gasteiger partial charge is 0.402 e. The molecule has 5 saturated heterocycles. The molecule has 99 heavy (non-hydrogen) atoms. The molecular weight excluding hydrogens is 1330 g/mol. The van der Waals surface area contributed by atoms with Gasteiger partial charge in [-0.05, 0) is 47.5 Å². The molecule has 5 aromatic rings. The summed E-state index contributed by atoms with van der Waals surface area (Å²) in [5.41, 5.74) is 0.0441. The van der Waals surface area contributed by atoms with Crippen molar-refractivity contribution in [3.05, 3.63) is 102 Å². The summed E-state index contributed by atoms with van der Waals surface area (Å²) < 4.78 is 73.8. The molecule has 10 rings (SSSR count). The van der Waals surface area contributed by atoms with E-state index in [-0.39, 0.29) is 28.0 Å². The molecule has 36 nitrogen and oxygen atoms in total. The van der Waals surface area contributed by atoms with Gasteiger partial charge in [0.2, 0.25) is 42.9 Å². The monoisotopic (exact) mass is 1410 g/mol. The highest BCUT2D eigenvalue weighted by Crippen LogP contribution is 2.48. The fraction of sp³-hybridized carbons (Fsp3) is 0.476. The van der Waals surface area contributed by atoms with Crippen LogP contribution in [0.4, 0.5) is 0 Å². The maximum Gasteiger partial charge on any atom is 0.402 e. The van der Waals surface area contributed by atoms with Crippen LogP contribution in [0.25, 0.3) is 34.4 Å². The number of benzene rings is 4. The molecule has 36 heteroatoms. The first kappa shape index (κ1) is 73.9. The summed E-state index contributed by atoms with van der Waals surface area (Å²) in [5.74, 6) is -6.90. The highest BCUT2D eigenvalue weighted by atomic mass is 16.7. The molecule has 540 valence electrons. The number of aliphatic hydroxyl groups excluding tert-OH is 18. The summed E-state index contributed by atoms with van der Waals surface area (Å²) in [7, 11) is 0. The Morgan fingerprint density at radius 2 is 0.727 bits per heavy atom. The molecule has 0 unspecified atom stereocenters. The van der Waals surface area contributed by atoms with Crippen LogP contribution >= 0.6 is 0 Å². The maximum atomic E-state index is 13.1. The second kappa shape index (κ2) is 31.8. The lowest BCUT2D eigenvalue weighted by atomic mass is 9.99. The Balaban J connectivity index is 0.887. The van der Waals surface area contributed by atoms with Crippen LogP contribution < -0.4 is 23.7 Å². The highest BCUT2D eigenvalue weighted by Gasteiger charge is 2.51. The third kappa shape index (κ3) is 16.5. The van der Waals surface area contributed by atoms with Gasteiger partial charge in [-0.25, -0.2) is 14.0 Å². The molecule has 25 atom stereocenters. The van der Waals surface area contributed by atoms with Crippen LogP contribution in [0.5, 0.6) is 46.0 Å². The Labute approximate surface area is 557 Å². The zero-order chi connectivity index (χ0) is 71.4. The lowest BCUT2D eigenvalue weighted by Gasteiger charge is -2.40. The second-order valence-electron chi connectivity index (χ2n) is 23.4. The van der Waals surface area contributed by atoms with E-state index in [1.807, 2.05) is 0 Å². The fourth-order valence-electron chi connectivity index (χ4n) is 10.9. The fourth-order valence-corrected chi connectivity index (χ4v) is 10.9. The topological polar surface area (TPSA) is 581 Å². The van der Waals surface area contributed by atoms with E-state index in [0.29, 0.717) is 11.1 Å². The summed E-state index contributed by atoms with van der Waals surface area (Å²) in [6.07, 6.45) is -41.1. The average Bonchev–Trinajstić information content (AvgIpc) is 0.763. The molecule has 5 fully saturated rings. The Morgan fingerprint density at radius 1 is 0.394 bits per heavy atom. The lowest BCUT2D eigenvalue weighted by Crippen LogP contribution is -2.60. The Hall–Kier alpha value is -7.81. The van der Waals surface area contributed by atoms with E-state index in [1.54, 1.807) is 0 Å². The number of ether oxygens (including phenoxy) is 12. The van der Waals surface area contributed by atoms with Crippen molar-refractivity contribution in [3.63, 3.8) is 0 Å². The number of rotatable bonds is 22. The Morgan fingerprint density at radius 3 is 1.09 bits per heavy atom. The zero-order valence-electron chi connectivity index (χ0n) is 51.3. The SMILES string of the molecule is O=C(/C=C/c1ccc(O[C@@H]2O[C@H](CO)[C@@H](O)[C@H](O)[C@H]2O)cc1)OC[C@@H]1O[C@@H](Oc2cc(-c3[o+]c4cc(O)cc(O)c4cc3O[C@@H]3O[C@H](CO)[C@@H](O)[C@H](O)[C@H]3O)cc(O[C@@H]3O[C@@H](COC(=O)/C=C/c4ccc(O[C@@H]5O[C@H](CO)[C@@H](O)[C@H](O)[C@H]5O)cc4)[C@@H](O)[C@H](O)[C@@H]3O)c2O)[C@@H](O)[C@@H](O)[C@@H]1O. The Kier molecular flexibility index (Phi) is 23.7. The van der Waals surface area contributed by atoms with Gasteiger partial charge in [-0.1, -0.05) is 24.3 Å². The van der Waals surface area contributed by atoms with E-state index < -0.39 is 239 Å². The minimum absolute atomic E-state index is 0.105. The second-order valence-corrected chi connectivity index (χ2v) is 23.4. The zero-order valence-corrected chi connectivity index (χ0v) is 51.3. The summed E-state index contributed by atoms with van der Waals surface area (Å²) >= 11 is 0. The van der Waals surface area contributed by atoms with Crippen molar-refractivity contribution in [2.45, 2.75) is 154 Å². The van der Waals surface area contributed by atoms with Crippen molar-refractivity contribution >= 4 is 35.1 Å². The number of carbonyl (C=O) groups excluding carboxylic acids is 2. The first-order chi connectivity index (χ1) is 47.2. The van der Waals surface area contributed by atoms with Crippen LogP contribution in [0.2, 0.25) is 0 Å². The predicted molar refractivity (Wildman–Crippen MR) is 322 cm³/mol. The molecule has 0 aliphatic carbocycles. The van der Waals surface area contributed by atoms with Gasteiger partial charge >= 0.3 is 23.3 Å². The highest BCUT2D eigenvalue weighted by molar-refractivity contribution is 5.89. The van der Waals surface area contributed by atoms with Crippen LogP contribution in [0, 0.1) is 0 Å². The van der Waals surface area contributed by atoms with Crippen molar-refractivity contribution in [2.24, 2.45) is 0 Å². The normalized spacial score (nSPS) is 35.0. The molecule has 5 aliphatic rings. The minimum Gasteiger partial charge on any atom is -0.507 e. The molecular formula is C63H73O36+. The van der Waals surface area contributed by atoms with Crippen LogP contribution in [0.1, 0.15) is 11.1 Å². The van der Waals surface area contributed by atoms with Gasteiger partial charge in [-0.3, -0.25) is 0 Å². The quantitative estimate of drug-likeness (QED) is 0.0174. The van der Waals surface area contributed by atoms with Crippen molar-refractivity contribution in [1.29, 1.82) is 0 Å². The van der Waals surface area contributed by atoms with Crippen LogP contribution in [0.15, 0.2) is 95.4 Å². The van der Waals surface area contributed by atoms with E-state index in [4.69, 9.17) is 61.3 Å². The molecule has 5 aliphatic heterocycles. The van der Waals surface area contributed by atoms with Gasteiger partial charge in [0.1, 0.15) is 164 Å². The van der Waals surface area contributed by atoms with E-state index in [1.165, 1.54) is 60.7 Å². The van der Waals surface area contributed by atoms with Crippen molar-refractivity contribution in [3.8, 4) is 57.3 Å². The summed E-state index contributed by atoms with van der Waals surface area (Å²) in [5, 5.41) is 223. The molecule has 4 aromatic carbocycles. The van der Waals surface area contributed by atoms with E-state index in [2.05, 4.69) is 0 Å². The molecule has 0 amide bonds. The predicted octanol–water partition coefficient (Wildman–Crippen LogP) is -6.08. The summed E-state index contributed by atoms with van der Waals surface area (Å²) in [4.78, 5) is 26.1. The van der Waals surface area contributed by atoms with Gasteiger partial charge < -0.3 is 164 Å². The van der Waals surface area contributed by atoms with Crippen molar-refractivity contribution in [2.75, 3.05) is 33.0 Å². The molecule has 0 bridgehead atoms. The number of aliphatic hydroxyl groups is 18. The third-order valence-corrected chi connectivity index (χ3v) is 16.6. The molecule has 21 N–H and O–H groups in total. The lowest BCUT2D eigenvalue weighted by molar-refractivity contribution is -0.279. The molecule has 0 spiro atoms. The van der Waals surface area contributed by atoms with E-state index >= 15 is 0 Å². The first-order valence-electron chi connectivity index (χ1n) is 30.4. The Bertz CT molecular complexity index is 3450. The van der Waals surface area contributed by atoms with Gasteiger partial charge in [-0.15, -0.1) is 0 Å². The molecule has 0 saturated carbocycles. The van der Waals surface area contributed by atoms with Crippen LogP contribution in [-0.2, 0) is 42.7 Å². The molecule has 0 radical (unpaired) electrons. The third-order valence-electron chi connectivity index (χ3n) is 16.6.